The van der Waals surface area contributed by atoms with Crippen LogP contribution in [0.5, 0.6) is 0 Å². The van der Waals surface area contributed by atoms with Crippen LogP contribution in [0.2, 0.25) is 0 Å². The molecule has 1 aliphatic rings. The van der Waals surface area contributed by atoms with Gasteiger partial charge in [0, 0.05) is 20.2 Å². The molecule has 0 bridgehead atoms. The van der Waals surface area contributed by atoms with Crippen LogP contribution in [0.3, 0.4) is 0 Å². The summed E-state index contributed by atoms with van der Waals surface area (Å²) < 4.78 is 5.55. The van der Waals surface area contributed by atoms with Crippen molar-refractivity contribution >= 4 is 23.7 Å². The molecule has 0 radical (unpaired) electrons. The molecule has 9 heteroatoms. The van der Waals surface area contributed by atoms with Gasteiger partial charge < -0.3 is 25.8 Å². The molecule has 0 saturated heterocycles. The smallest absolute Gasteiger partial charge is 0.335 e. The molecule has 2 rings (SSSR count). The molecule has 9 nitrogen and oxygen atoms in total. The normalized spacial score (nSPS) is 16.8. The number of hydrogen-bond donors (Lipinski definition) is 4. The lowest BCUT2D eigenvalue weighted by Gasteiger charge is -2.28. The summed E-state index contributed by atoms with van der Waals surface area (Å²) in [6.07, 6.45) is 9.35. The van der Waals surface area contributed by atoms with Crippen LogP contribution < -0.4 is 16.0 Å². The predicted molar refractivity (Wildman–Crippen MR) is 132 cm³/mol. The van der Waals surface area contributed by atoms with Crippen LogP contribution in [0.4, 0.5) is 0 Å². The molecule has 0 saturated carbocycles. The number of carboxylic acid groups (broad SMARTS) is 1. The third-order valence-corrected chi connectivity index (χ3v) is 5.73. The van der Waals surface area contributed by atoms with Crippen molar-refractivity contribution < 1.29 is 29.0 Å². The molecule has 1 aromatic carbocycles. The Hall–Kier alpha value is -3.46. The van der Waals surface area contributed by atoms with E-state index in [1.807, 2.05) is 19.1 Å². The molecular formula is C26H35N3O6. The van der Waals surface area contributed by atoms with E-state index in [0.717, 1.165) is 32.1 Å². The second-order valence-electron chi connectivity index (χ2n) is 8.68. The van der Waals surface area contributed by atoms with Crippen LogP contribution in [0, 0.1) is 0 Å². The second-order valence-corrected chi connectivity index (χ2v) is 8.68. The maximum atomic E-state index is 12.2. The molecule has 1 aliphatic carbocycles. The van der Waals surface area contributed by atoms with Gasteiger partial charge in [-0.25, -0.2) is 4.79 Å². The topological polar surface area (TPSA) is 134 Å². The molecule has 0 aliphatic heterocycles. The highest BCUT2D eigenvalue weighted by molar-refractivity contribution is 6.34. The molecule has 190 valence electrons. The zero-order chi connectivity index (χ0) is 25.7. The predicted octanol–water partition coefficient (Wildman–Crippen LogP) is 1.67. The number of unbranched alkanes of at least 4 members (excludes halogenated alkanes) is 1. The molecule has 1 atom stereocenters. The zero-order valence-corrected chi connectivity index (χ0v) is 20.4. The van der Waals surface area contributed by atoms with Crippen LogP contribution in [0.15, 0.2) is 48.1 Å². The molecule has 4 N–H and O–H groups in total. The van der Waals surface area contributed by atoms with E-state index in [2.05, 4.69) is 28.1 Å². The maximum Gasteiger partial charge on any atom is 0.335 e. The number of hydrogen-bond acceptors (Lipinski definition) is 5. The first-order chi connectivity index (χ1) is 16.7. The highest BCUT2D eigenvalue weighted by Crippen LogP contribution is 2.20. The number of aliphatic carboxylic acids is 1. The molecule has 3 amide bonds. The quantitative estimate of drug-likeness (QED) is 0.248. The number of rotatable bonds is 13. The van der Waals surface area contributed by atoms with E-state index in [1.165, 1.54) is 24.3 Å². The molecular weight excluding hydrogens is 450 g/mol. The van der Waals surface area contributed by atoms with Crippen LogP contribution in [0.25, 0.3) is 0 Å². The largest absolute Gasteiger partial charge is 0.478 e. The van der Waals surface area contributed by atoms with E-state index >= 15 is 0 Å². The minimum absolute atomic E-state index is 0.0532. The minimum atomic E-state index is -0.981. The van der Waals surface area contributed by atoms with Crippen molar-refractivity contribution in [1.29, 1.82) is 0 Å². The van der Waals surface area contributed by atoms with E-state index in [1.54, 1.807) is 12.2 Å². The van der Waals surface area contributed by atoms with E-state index in [9.17, 15) is 19.2 Å². The third kappa shape index (κ3) is 9.74. The van der Waals surface area contributed by atoms with Gasteiger partial charge in [-0.1, -0.05) is 36.4 Å². The standard InChI is InChI=1S/C26H35N3O6/c1-26(14-12-21(13-15-26)25(33)34)29-22(30)18-35-17-7-11-20-9-4-3-8-19(20)10-5-6-16-28-24(32)23(31)27-2/h3-4,8-9,12-14H,5-7,10-11,15-18H2,1-2H3,(H,27,31)(H,28,32)(H,29,30)(H,33,34)/t26-/m1/s1. The first kappa shape index (κ1) is 27.8. The minimum Gasteiger partial charge on any atom is -0.478 e. The van der Waals surface area contributed by atoms with Gasteiger partial charge in [0.2, 0.25) is 5.91 Å². The Labute approximate surface area is 206 Å². The van der Waals surface area contributed by atoms with Gasteiger partial charge in [0.25, 0.3) is 0 Å². The Bertz CT molecular complexity index is 972. The average Bonchev–Trinajstić information content (AvgIpc) is 2.83. The molecule has 0 unspecified atom stereocenters. The second kappa shape index (κ2) is 14.1. The van der Waals surface area contributed by atoms with Gasteiger partial charge in [-0.05, 0) is 62.7 Å². The van der Waals surface area contributed by atoms with Crippen molar-refractivity contribution in [1.82, 2.24) is 16.0 Å². The Morgan fingerprint density at radius 3 is 2.31 bits per heavy atom. The van der Waals surface area contributed by atoms with E-state index in [4.69, 9.17) is 9.84 Å². The number of amides is 3. The summed E-state index contributed by atoms with van der Waals surface area (Å²) in [5.74, 6) is -2.48. The van der Waals surface area contributed by atoms with Gasteiger partial charge in [0.05, 0.1) is 11.1 Å². The van der Waals surface area contributed by atoms with Crippen molar-refractivity contribution in [2.24, 2.45) is 0 Å². The fourth-order valence-corrected chi connectivity index (χ4v) is 3.75. The number of nitrogens with one attached hydrogen (secondary N) is 3. The third-order valence-electron chi connectivity index (χ3n) is 5.73. The first-order valence-electron chi connectivity index (χ1n) is 11.8. The van der Waals surface area contributed by atoms with Gasteiger partial charge in [-0.2, -0.15) is 0 Å². The lowest BCUT2D eigenvalue weighted by atomic mass is 9.90. The molecule has 0 fully saturated rings. The van der Waals surface area contributed by atoms with Crippen molar-refractivity contribution in [3.63, 3.8) is 0 Å². The Morgan fingerprint density at radius 1 is 1.03 bits per heavy atom. The summed E-state index contributed by atoms with van der Waals surface area (Å²) >= 11 is 0. The van der Waals surface area contributed by atoms with Crippen LogP contribution in [-0.4, -0.2) is 61.1 Å². The monoisotopic (exact) mass is 485 g/mol. The van der Waals surface area contributed by atoms with Crippen molar-refractivity contribution in [2.75, 3.05) is 26.8 Å². The molecule has 35 heavy (non-hydrogen) atoms. The first-order valence-corrected chi connectivity index (χ1v) is 11.8. The van der Waals surface area contributed by atoms with Crippen molar-refractivity contribution in [3.05, 3.63) is 59.2 Å². The summed E-state index contributed by atoms with van der Waals surface area (Å²) in [6, 6.07) is 8.18. The Kier molecular flexibility index (Phi) is 11.2. The van der Waals surface area contributed by atoms with Gasteiger partial charge >= 0.3 is 17.8 Å². The maximum absolute atomic E-state index is 12.2. The fourth-order valence-electron chi connectivity index (χ4n) is 3.75. The van der Waals surface area contributed by atoms with Crippen LogP contribution >= 0.6 is 0 Å². The highest BCUT2D eigenvalue weighted by Gasteiger charge is 2.25. The van der Waals surface area contributed by atoms with Gasteiger partial charge in [-0.15, -0.1) is 0 Å². The number of carbonyl (C=O) groups excluding carboxylic acids is 3. The molecule has 1 aromatic rings. The van der Waals surface area contributed by atoms with Crippen LogP contribution in [0.1, 0.15) is 43.7 Å². The number of carboxylic acids is 1. The summed E-state index contributed by atoms with van der Waals surface area (Å²) in [5, 5.41) is 16.8. The van der Waals surface area contributed by atoms with E-state index in [-0.39, 0.29) is 18.1 Å². The summed E-state index contributed by atoms with van der Waals surface area (Å²) in [4.78, 5) is 45.8. The SMILES string of the molecule is CNC(=O)C(=O)NCCCCc1ccccc1CCCOCC(=O)N[C@]1(C)C=CC(C(=O)O)=CC1. The highest BCUT2D eigenvalue weighted by atomic mass is 16.5. The van der Waals surface area contributed by atoms with Crippen LogP contribution in [-0.2, 0) is 36.8 Å². The number of benzene rings is 1. The van der Waals surface area contributed by atoms with Gasteiger partial charge in [-0.3, -0.25) is 14.4 Å². The van der Waals surface area contributed by atoms with E-state index in [0.29, 0.717) is 19.6 Å². The van der Waals surface area contributed by atoms with Gasteiger partial charge in [0.15, 0.2) is 0 Å². The Balaban J connectivity index is 1.65. The molecule has 0 heterocycles. The Morgan fingerprint density at radius 2 is 1.71 bits per heavy atom. The number of aryl methyl sites for hydroxylation is 2. The average molecular weight is 486 g/mol. The summed E-state index contributed by atoms with van der Waals surface area (Å²) in [6.45, 7) is 2.69. The number of ether oxygens (including phenoxy) is 1. The van der Waals surface area contributed by atoms with Crippen molar-refractivity contribution in [3.8, 4) is 0 Å². The van der Waals surface area contributed by atoms with E-state index < -0.39 is 23.3 Å². The lowest BCUT2D eigenvalue weighted by molar-refractivity contribution is -0.138. The molecule has 0 aromatic heterocycles. The zero-order valence-electron chi connectivity index (χ0n) is 20.4. The summed E-state index contributed by atoms with van der Waals surface area (Å²) in [7, 11) is 1.42. The molecule has 0 spiro atoms. The summed E-state index contributed by atoms with van der Waals surface area (Å²) in [5.41, 5.74) is 2.08. The van der Waals surface area contributed by atoms with Gasteiger partial charge in [0.1, 0.15) is 6.61 Å². The lowest BCUT2D eigenvalue weighted by Crippen LogP contribution is -2.46. The number of likely N-dealkylation sites (N-methyl/N-ethyl adjacent to an activating group) is 1. The van der Waals surface area contributed by atoms with Crippen molar-refractivity contribution in [2.45, 2.75) is 51.0 Å². The number of carbonyl (C=O) groups is 4. The fraction of sp³-hybridized carbons (Fsp3) is 0.462.